The third kappa shape index (κ3) is 2.80. The Kier molecular flexibility index (Phi) is 3.82. The summed E-state index contributed by atoms with van der Waals surface area (Å²) < 4.78 is 10.3. The van der Waals surface area contributed by atoms with Crippen LogP contribution < -0.4 is 20.3 Å². The van der Waals surface area contributed by atoms with E-state index in [4.69, 9.17) is 9.47 Å². The molecule has 3 rings (SSSR count). The van der Waals surface area contributed by atoms with E-state index in [2.05, 4.69) is 10.9 Å². The van der Waals surface area contributed by atoms with Gasteiger partial charge in [-0.05, 0) is 31.0 Å². The van der Waals surface area contributed by atoms with Gasteiger partial charge in [-0.25, -0.2) is 0 Å². The molecule has 1 aromatic rings. The van der Waals surface area contributed by atoms with Gasteiger partial charge in [-0.2, -0.15) is 0 Å². The van der Waals surface area contributed by atoms with Gasteiger partial charge in [-0.3, -0.25) is 25.2 Å². The van der Waals surface area contributed by atoms with E-state index in [1.54, 1.807) is 6.07 Å². The quantitative estimate of drug-likeness (QED) is 0.553. The van der Waals surface area contributed by atoms with E-state index in [1.807, 2.05) is 0 Å². The van der Waals surface area contributed by atoms with Crippen molar-refractivity contribution in [3.05, 3.63) is 23.8 Å². The molecule has 22 heavy (non-hydrogen) atoms. The Morgan fingerprint density at radius 2 is 1.73 bits per heavy atom. The lowest BCUT2D eigenvalue weighted by Gasteiger charge is -2.14. The van der Waals surface area contributed by atoms with Crippen LogP contribution in [0.2, 0.25) is 0 Å². The Morgan fingerprint density at radius 1 is 1.00 bits per heavy atom. The number of fused-ring (bicyclic) bond motifs is 1. The van der Waals surface area contributed by atoms with Crippen LogP contribution >= 0.6 is 0 Å². The first kappa shape index (κ1) is 14.2. The van der Waals surface area contributed by atoms with Gasteiger partial charge in [-0.15, -0.1) is 0 Å². The molecule has 2 aliphatic rings. The number of hydrazine groups is 1. The number of carbonyl (C=O) groups excluding carboxylic acids is 3. The first-order valence-corrected chi connectivity index (χ1v) is 6.94. The number of amides is 3. The molecule has 3 amide bonds. The van der Waals surface area contributed by atoms with Crippen molar-refractivity contribution < 1.29 is 23.9 Å². The molecular formula is C14H15N3O5. The highest BCUT2D eigenvalue weighted by molar-refractivity contribution is 6.35. The molecule has 0 radical (unpaired) electrons. The third-order valence-corrected chi connectivity index (χ3v) is 3.51. The van der Waals surface area contributed by atoms with Crippen molar-refractivity contribution in [2.45, 2.75) is 12.8 Å². The van der Waals surface area contributed by atoms with Gasteiger partial charge in [0, 0.05) is 18.7 Å². The Bertz CT molecular complexity index is 625. The van der Waals surface area contributed by atoms with Crippen molar-refractivity contribution in [3.8, 4) is 11.5 Å². The first-order chi connectivity index (χ1) is 10.6. The molecule has 116 valence electrons. The Labute approximate surface area is 126 Å². The number of ether oxygens (including phenoxy) is 2. The standard InChI is InChI=1S/C14H15N3O5/c18-12(9-3-4-10-11(7-9)22-8-21-10)15-16-13(19)14(20)17-5-1-2-6-17/h3-4,7H,1-2,5-6,8H2,(H,15,18)(H,16,19). The molecule has 0 aromatic heterocycles. The fourth-order valence-electron chi connectivity index (χ4n) is 2.34. The van der Waals surface area contributed by atoms with E-state index in [-0.39, 0.29) is 12.4 Å². The van der Waals surface area contributed by atoms with Gasteiger partial charge in [-0.1, -0.05) is 0 Å². The summed E-state index contributed by atoms with van der Waals surface area (Å²) in [5, 5.41) is 0. The lowest BCUT2D eigenvalue weighted by Crippen LogP contribution is -2.49. The molecule has 2 aliphatic heterocycles. The van der Waals surface area contributed by atoms with Gasteiger partial charge in [0.1, 0.15) is 0 Å². The monoisotopic (exact) mass is 305 g/mol. The van der Waals surface area contributed by atoms with Crippen molar-refractivity contribution in [2.24, 2.45) is 0 Å². The van der Waals surface area contributed by atoms with Crippen molar-refractivity contribution >= 4 is 17.7 Å². The average molecular weight is 305 g/mol. The molecular weight excluding hydrogens is 290 g/mol. The van der Waals surface area contributed by atoms with E-state index in [1.165, 1.54) is 17.0 Å². The van der Waals surface area contributed by atoms with Gasteiger partial charge in [0.2, 0.25) is 6.79 Å². The summed E-state index contributed by atoms with van der Waals surface area (Å²) in [6.45, 7) is 1.26. The van der Waals surface area contributed by atoms with Crippen LogP contribution in [0.3, 0.4) is 0 Å². The maximum atomic E-state index is 11.9. The molecule has 1 fully saturated rings. The molecule has 0 aliphatic carbocycles. The Balaban J connectivity index is 1.55. The van der Waals surface area contributed by atoms with Gasteiger partial charge < -0.3 is 14.4 Å². The van der Waals surface area contributed by atoms with Crippen LogP contribution in [-0.4, -0.2) is 42.5 Å². The highest BCUT2D eigenvalue weighted by Gasteiger charge is 2.25. The fourth-order valence-corrected chi connectivity index (χ4v) is 2.34. The second-order valence-corrected chi connectivity index (χ2v) is 4.98. The fraction of sp³-hybridized carbons (Fsp3) is 0.357. The van der Waals surface area contributed by atoms with E-state index in [0.29, 0.717) is 24.6 Å². The molecule has 0 bridgehead atoms. The van der Waals surface area contributed by atoms with E-state index < -0.39 is 17.7 Å². The highest BCUT2D eigenvalue weighted by atomic mass is 16.7. The van der Waals surface area contributed by atoms with Crippen molar-refractivity contribution in [3.63, 3.8) is 0 Å². The van der Waals surface area contributed by atoms with Crippen LogP contribution in [-0.2, 0) is 9.59 Å². The molecule has 2 heterocycles. The van der Waals surface area contributed by atoms with Crippen LogP contribution in [0, 0.1) is 0 Å². The molecule has 0 atom stereocenters. The zero-order valence-electron chi connectivity index (χ0n) is 11.8. The molecule has 1 saturated heterocycles. The summed E-state index contributed by atoms with van der Waals surface area (Å²) in [5.41, 5.74) is 4.63. The summed E-state index contributed by atoms with van der Waals surface area (Å²) in [6.07, 6.45) is 1.78. The maximum absolute atomic E-state index is 11.9. The zero-order valence-corrected chi connectivity index (χ0v) is 11.8. The minimum Gasteiger partial charge on any atom is -0.454 e. The lowest BCUT2D eigenvalue weighted by atomic mass is 10.2. The topological polar surface area (TPSA) is 97.0 Å². The number of hydrogen-bond acceptors (Lipinski definition) is 5. The predicted molar refractivity (Wildman–Crippen MR) is 74.0 cm³/mol. The van der Waals surface area contributed by atoms with Gasteiger partial charge in [0.05, 0.1) is 0 Å². The predicted octanol–water partition coefficient (Wildman–Crippen LogP) is -0.201. The molecule has 8 nitrogen and oxygen atoms in total. The van der Waals surface area contributed by atoms with Crippen molar-refractivity contribution in [1.29, 1.82) is 0 Å². The largest absolute Gasteiger partial charge is 0.454 e. The summed E-state index contributed by atoms with van der Waals surface area (Å²) in [5.74, 6) is -1.00. The van der Waals surface area contributed by atoms with Gasteiger partial charge in [0.15, 0.2) is 11.5 Å². The minimum atomic E-state index is -0.851. The molecule has 1 aromatic carbocycles. The number of benzene rings is 1. The summed E-state index contributed by atoms with van der Waals surface area (Å²) in [7, 11) is 0. The van der Waals surface area contributed by atoms with Crippen LogP contribution in [0.15, 0.2) is 18.2 Å². The minimum absolute atomic E-state index is 0.113. The number of hydrogen-bond donors (Lipinski definition) is 2. The van der Waals surface area contributed by atoms with Crippen molar-refractivity contribution in [2.75, 3.05) is 19.9 Å². The van der Waals surface area contributed by atoms with E-state index in [9.17, 15) is 14.4 Å². The van der Waals surface area contributed by atoms with Crippen LogP contribution in [0.5, 0.6) is 11.5 Å². The number of likely N-dealkylation sites (tertiary alicyclic amines) is 1. The molecule has 0 spiro atoms. The number of nitrogens with zero attached hydrogens (tertiary/aromatic N) is 1. The average Bonchev–Trinajstić information content (AvgIpc) is 3.21. The second-order valence-electron chi connectivity index (χ2n) is 4.98. The zero-order chi connectivity index (χ0) is 15.5. The lowest BCUT2D eigenvalue weighted by molar-refractivity contribution is -0.145. The van der Waals surface area contributed by atoms with E-state index >= 15 is 0 Å². The molecule has 2 N–H and O–H groups in total. The number of carbonyl (C=O) groups is 3. The maximum Gasteiger partial charge on any atom is 0.327 e. The normalized spacial score (nSPS) is 15.5. The smallest absolute Gasteiger partial charge is 0.327 e. The SMILES string of the molecule is O=C(NNC(=O)c1ccc2c(c1)OCO2)C(=O)N1CCCC1. The van der Waals surface area contributed by atoms with Gasteiger partial charge >= 0.3 is 11.8 Å². The van der Waals surface area contributed by atoms with Crippen LogP contribution in [0.1, 0.15) is 23.2 Å². The molecule has 0 saturated carbocycles. The van der Waals surface area contributed by atoms with E-state index in [0.717, 1.165) is 12.8 Å². The Hall–Kier alpha value is -2.77. The summed E-state index contributed by atoms with van der Waals surface area (Å²) >= 11 is 0. The summed E-state index contributed by atoms with van der Waals surface area (Å²) in [6, 6.07) is 4.65. The summed E-state index contributed by atoms with van der Waals surface area (Å²) in [4.78, 5) is 36.9. The van der Waals surface area contributed by atoms with Crippen LogP contribution in [0.25, 0.3) is 0 Å². The number of nitrogens with one attached hydrogen (secondary N) is 2. The molecule has 8 heteroatoms. The number of rotatable bonds is 1. The molecule has 0 unspecified atom stereocenters. The van der Waals surface area contributed by atoms with Crippen molar-refractivity contribution in [1.82, 2.24) is 15.8 Å². The first-order valence-electron chi connectivity index (χ1n) is 6.94. The highest BCUT2D eigenvalue weighted by Crippen LogP contribution is 2.32. The second kappa shape index (κ2) is 5.92. The van der Waals surface area contributed by atoms with Crippen LogP contribution in [0.4, 0.5) is 0 Å². The Morgan fingerprint density at radius 3 is 2.50 bits per heavy atom. The van der Waals surface area contributed by atoms with Gasteiger partial charge in [0.25, 0.3) is 5.91 Å². The third-order valence-electron chi connectivity index (χ3n) is 3.51.